The fourth-order valence-electron chi connectivity index (χ4n) is 2.64. The molecule has 128 valence electrons. The predicted octanol–water partition coefficient (Wildman–Crippen LogP) is 5.25. The average Bonchev–Trinajstić information content (AvgIpc) is 2.65. The molecule has 0 aromatic heterocycles. The topological polar surface area (TPSA) is 21.3 Å². The third-order valence-corrected chi connectivity index (χ3v) is 4.19. The maximum Gasteiger partial charge on any atom is 0.120 e. The smallest absolute Gasteiger partial charge is 0.120 e. The summed E-state index contributed by atoms with van der Waals surface area (Å²) in [4.78, 5) is 0. The molecule has 3 aromatic carbocycles. The van der Waals surface area contributed by atoms with E-state index >= 15 is 0 Å². The molecule has 0 heterocycles. The fourth-order valence-corrected chi connectivity index (χ4v) is 2.86. The number of hydrogen-bond acceptors (Lipinski definition) is 2. The summed E-state index contributed by atoms with van der Waals surface area (Å²) in [7, 11) is 0. The van der Waals surface area contributed by atoms with Crippen LogP contribution < -0.4 is 10.1 Å². The third kappa shape index (κ3) is 5.93. The first-order chi connectivity index (χ1) is 12.3. The van der Waals surface area contributed by atoms with Crippen molar-refractivity contribution in [2.24, 2.45) is 0 Å². The minimum Gasteiger partial charge on any atom is -0.489 e. The Morgan fingerprint density at radius 3 is 2.36 bits per heavy atom. The number of rotatable bonds is 8. The molecule has 0 saturated carbocycles. The van der Waals surface area contributed by atoms with Gasteiger partial charge in [0.25, 0.3) is 0 Å². The summed E-state index contributed by atoms with van der Waals surface area (Å²) < 4.78 is 5.88. The van der Waals surface area contributed by atoms with Crippen molar-refractivity contribution in [1.29, 1.82) is 0 Å². The summed E-state index contributed by atoms with van der Waals surface area (Å²) in [6.45, 7) is 2.32. The van der Waals surface area contributed by atoms with E-state index in [0.717, 1.165) is 30.3 Å². The van der Waals surface area contributed by atoms with Crippen LogP contribution in [0.2, 0.25) is 5.02 Å². The van der Waals surface area contributed by atoms with E-state index in [2.05, 4.69) is 35.6 Å². The first-order valence-electron chi connectivity index (χ1n) is 8.50. The van der Waals surface area contributed by atoms with Crippen LogP contribution in [0.5, 0.6) is 5.75 Å². The van der Waals surface area contributed by atoms with Crippen LogP contribution >= 0.6 is 11.6 Å². The highest BCUT2D eigenvalue weighted by Crippen LogP contribution is 2.15. The van der Waals surface area contributed by atoms with E-state index < -0.39 is 0 Å². The quantitative estimate of drug-likeness (QED) is 0.559. The van der Waals surface area contributed by atoms with Crippen LogP contribution in [0.4, 0.5) is 0 Å². The molecule has 0 spiro atoms. The van der Waals surface area contributed by atoms with Gasteiger partial charge in [0.05, 0.1) is 0 Å². The summed E-state index contributed by atoms with van der Waals surface area (Å²) in [5.41, 5.74) is 3.64. The summed E-state index contributed by atoms with van der Waals surface area (Å²) >= 11 is 6.01. The summed E-state index contributed by atoms with van der Waals surface area (Å²) in [5, 5.41) is 4.26. The molecule has 0 aliphatic carbocycles. The highest BCUT2D eigenvalue weighted by molar-refractivity contribution is 6.30. The largest absolute Gasteiger partial charge is 0.489 e. The van der Waals surface area contributed by atoms with Crippen LogP contribution in [0.15, 0.2) is 78.9 Å². The third-order valence-electron chi connectivity index (χ3n) is 3.96. The SMILES string of the molecule is Clc1cccc(CCNCc2cccc(OCc3ccccc3)c2)c1. The van der Waals surface area contributed by atoms with Crippen molar-refractivity contribution in [2.75, 3.05) is 6.54 Å². The van der Waals surface area contributed by atoms with Gasteiger partial charge in [-0.05, 0) is 53.9 Å². The number of halogens is 1. The van der Waals surface area contributed by atoms with E-state index in [1.807, 2.05) is 48.5 Å². The predicted molar refractivity (Wildman–Crippen MR) is 104 cm³/mol. The highest BCUT2D eigenvalue weighted by Gasteiger charge is 1.99. The van der Waals surface area contributed by atoms with Gasteiger partial charge in [-0.1, -0.05) is 66.2 Å². The van der Waals surface area contributed by atoms with E-state index in [1.165, 1.54) is 16.7 Å². The Morgan fingerprint density at radius 2 is 1.52 bits per heavy atom. The van der Waals surface area contributed by atoms with Crippen molar-refractivity contribution >= 4 is 11.6 Å². The molecular weight excluding hydrogens is 330 g/mol. The normalized spacial score (nSPS) is 10.6. The lowest BCUT2D eigenvalue weighted by Gasteiger charge is -2.09. The lowest BCUT2D eigenvalue weighted by molar-refractivity contribution is 0.306. The van der Waals surface area contributed by atoms with Gasteiger partial charge in [-0.25, -0.2) is 0 Å². The monoisotopic (exact) mass is 351 g/mol. The zero-order valence-corrected chi connectivity index (χ0v) is 14.9. The van der Waals surface area contributed by atoms with Gasteiger partial charge in [-0.2, -0.15) is 0 Å². The lowest BCUT2D eigenvalue weighted by atomic mass is 10.1. The molecule has 2 nitrogen and oxygen atoms in total. The molecular formula is C22H22ClNO. The van der Waals surface area contributed by atoms with Gasteiger partial charge < -0.3 is 10.1 Å². The Hall–Kier alpha value is -2.29. The number of benzene rings is 3. The Morgan fingerprint density at radius 1 is 0.760 bits per heavy atom. The summed E-state index contributed by atoms with van der Waals surface area (Å²) in [5.74, 6) is 0.901. The maximum absolute atomic E-state index is 6.01. The van der Waals surface area contributed by atoms with Crippen LogP contribution in [-0.2, 0) is 19.6 Å². The number of nitrogens with one attached hydrogen (secondary N) is 1. The molecule has 25 heavy (non-hydrogen) atoms. The second-order valence-electron chi connectivity index (χ2n) is 5.98. The molecule has 0 amide bonds. The minimum absolute atomic E-state index is 0.590. The van der Waals surface area contributed by atoms with Crippen molar-refractivity contribution < 1.29 is 4.74 Å². The summed E-state index contributed by atoms with van der Waals surface area (Å²) in [6.07, 6.45) is 0.963. The first-order valence-corrected chi connectivity index (χ1v) is 8.88. The average molecular weight is 352 g/mol. The van der Waals surface area contributed by atoms with Crippen molar-refractivity contribution in [3.05, 3.63) is 101 Å². The van der Waals surface area contributed by atoms with E-state index in [1.54, 1.807) is 0 Å². The Bertz CT molecular complexity index is 789. The second-order valence-corrected chi connectivity index (χ2v) is 6.41. The van der Waals surface area contributed by atoms with Crippen LogP contribution in [-0.4, -0.2) is 6.54 Å². The standard InChI is InChI=1S/C22H22ClNO/c23-21-10-4-8-18(14-21)12-13-24-16-20-9-5-11-22(15-20)25-17-19-6-2-1-3-7-19/h1-11,14-15,24H,12-13,16-17H2. The molecule has 0 saturated heterocycles. The van der Waals surface area contributed by atoms with Crippen LogP contribution in [0, 0.1) is 0 Å². The molecule has 3 rings (SSSR count). The van der Waals surface area contributed by atoms with Crippen molar-refractivity contribution in [1.82, 2.24) is 5.32 Å². The van der Waals surface area contributed by atoms with Crippen molar-refractivity contribution in [2.45, 2.75) is 19.6 Å². The van der Waals surface area contributed by atoms with Crippen LogP contribution in [0.3, 0.4) is 0 Å². The molecule has 0 atom stereocenters. The van der Waals surface area contributed by atoms with Gasteiger partial charge in [-0.15, -0.1) is 0 Å². The van der Waals surface area contributed by atoms with E-state index in [0.29, 0.717) is 6.61 Å². The Kier molecular flexibility index (Phi) is 6.49. The van der Waals surface area contributed by atoms with Gasteiger partial charge in [0.15, 0.2) is 0 Å². The van der Waals surface area contributed by atoms with Gasteiger partial charge >= 0.3 is 0 Å². The van der Waals surface area contributed by atoms with E-state index in [-0.39, 0.29) is 0 Å². The fraction of sp³-hybridized carbons (Fsp3) is 0.182. The van der Waals surface area contributed by atoms with Gasteiger partial charge in [0.2, 0.25) is 0 Å². The van der Waals surface area contributed by atoms with Crippen molar-refractivity contribution in [3.8, 4) is 5.75 Å². The van der Waals surface area contributed by atoms with Crippen LogP contribution in [0.1, 0.15) is 16.7 Å². The Labute approximate surface area is 154 Å². The lowest BCUT2D eigenvalue weighted by Crippen LogP contribution is -2.16. The molecule has 0 bridgehead atoms. The molecule has 0 unspecified atom stereocenters. The van der Waals surface area contributed by atoms with Gasteiger partial charge in [-0.3, -0.25) is 0 Å². The number of hydrogen-bond donors (Lipinski definition) is 1. The number of ether oxygens (including phenoxy) is 1. The zero-order chi connectivity index (χ0) is 17.3. The molecule has 0 aliphatic rings. The molecule has 0 aliphatic heterocycles. The molecule has 1 N–H and O–H groups in total. The molecule has 3 heteroatoms. The summed E-state index contributed by atoms with van der Waals surface area (Å²) in [6, 6.07) is 26.5. The van der Waals surface area contributed by atoms with Gasteiger partial charge in [0.1, 0.15) is 12.4 Å². The highest BCUT2D eigenvalue weighted by atomic mass is 35.5. The molecule has 3 aromatic rings. The Balaban J connectivity index is 1.45. The van der Waals surface area contributed by atoms with Crippen molar-refractivity contribution in [3.63, 3.8) is 0 Å². The zero-order valence-electron chi connectivity index (χ0n) is 14.1. The van der Waals surface area contributed by atoms with E-state index in [4.69, 9.17) is 16.3 Å². The second kappa shape index (κ2) is 9.26. The molecule has 0 radical (unpaired) electrons. The minimum atomic E-state index is 0.590. The maximum atomic E-state index is 6.01. The van der Waals surface area contributed by atoms with E-state index in [9.17, 15) is 0 Å². The first kappa shape index (κ1) is 17.5. The van der Waals surface area contributed by atoms with Gasteiger partial charge in [0, 0.05) is 11.6 Å². The molecule has 0 fully saturated rings. The van der Waals surface area contributed by atoms with Crippen LogP contribution in [0.25, 0.3) is 0 Å².